The number of thiophene rings is 1. The van der Waals surface area contributed by atoms with Gasteiger partial charge in [-0.05, 0) is 56.6 Å². The molecular formula is C21H31ClO5S. The Kier molecular flexibility index (Phi) is 9.95. The summed E-state index contributed by atoms with van der Waals surface area (Å²) in [6.45, 7) is 0.183. The molecule has 0 spiro atoms. The maximum atomic E-state index is 11.0. The van der Waals surface area contributed by atoms with Crippen LogP contribution in [0.25, 0.3) is 0 Å². The van der Waals surface area contributed by atoms with Gasteiger partial charge in [0.2, 0.25) is 0 Å². The highest BCUT2D eigenvalue weighted by atomic mass is 35.5. The first-order valence-corrected chi connectivity index (χ1v) is 11.3. The molecule has 4 N–H and O–H groups in total. The summed E-state index contributed by atoms with van der Waals surface area (Å²) in [5.74, 6) is -0.808. The molecular weight excluding hydrogens is 400 g/mol. The fourth-order valence-corrected chi connectivity index (χ4v) is 5.23. The monoisotopic (exact) mass is 430 g/mol. The van der Waals surface area contributed by atoms with Crippen LogP contribution in [0.15, 0.2) is 24.3 Å². The van der Waals surface area contributed by atoms with Gasteiger partial charge in [-0.15, -0.1) is 22.9 Å². The van der Waals surface area contributed by atoms with Crippen LogP contribution in [0.1, 0.15) is 59.5 Å². The molecule has 0 radical (unpaired) electrons. The summed E-state index contributed by atoms with van der Waals surface area (Å²) in [7, 11) is 0. The average Bonchev–Trinajstić information content (AvgIpc) is 3.22. The second-order valence-corrected chi connectivity index (χ2v) is 9.28. The van der Waals surface area contributed by atoms with Gasteiger partial charge in [0.1, 0.15) is 4.88 Å². The number of aliphatic hydroxyl groups is 3. The number of unbranched alkanes of at least 4 members (excludes halogenated alkanes) is 2. The zero-order valence-corrected chi connectivity index (χ0v) is 17.6. The number of halogens is 1. The van der Waals surface area contributed by atoms with Gasteiger partial charge in [-0.1, -0.05) is 25.0 Å². The Morgan fingerprint density at radius 3 is 2.75 bits per heavy atom. The lowest BCUT2D eigenvalue weighted by Gasteiger charge is -2.21. The lowest BCUT2D eigenvalue weighted by molar-refractivity contribution is 0.0702. The number of aryl methyl sites for hydroxylation is 1. The highest BCUT2D eigenvalue weighted by Gasteiger charge is 2.39. The third-order valence-corrected chi connectivity index (χ3v) is 7.05. The fraction of sp³-hybridized carbons (Fsp3) is 0.667. The van der Waals surface area contributed by atoms with E-state index in [1.54, 1.807) is 12.1 Å². The van der Waals surface area contributed by atoms with Crippen molar-refractivity contribution in [3.63, 3.8) is 0 Å². The Labute approximate surface area is 175 Å². The number of carboxylic acid groups (broad SMARTS) is 1. The van der Waals surface area contributed by atoms with Gasteiger partial charge < -0.3 is 20.4 Å². The van der Waals surface area contributed by atoms with E-state index in [1.165, 1.54) is 11.3 Å². The number of hydrogen-bond donors (Lipinski definition) is 4. The lowest BCUT2D eigenvalue weighted by atomic mass is 9.89. The molecule has 0 aliphatic heterocycles. The second kappa shape index (κ2) is 11.9. The van der Waals surface area contributed by atoms with Gasteiger partial charge in [0.25, 0.3) is 0 Å². The predicted molar refractivity (Wildman–Crippen MR) is 112 cm³/mol. The topological polar surface area (TPSA) is 98.0 Å². The minimum absolute atomic E-state index is 0.0625. The van der Waals surface area contributed by atoms with Crippen LogP contribution in [0.4, 0.5) is 0 Å². The number of hydrogen-bond acceptors (Lipinski definition) is 5. The lowest BCUT2D eigenvalue weighted by Crippen LogP contribution is -2.19. The van der Waals surface area contributed by atoms with E-state index in [1.807, 2.05) is 12.1 Å². The number of alkyl halides is 1. The average molecular weight is 431 g/mol. The molecule has 1 aromatic heterocycles. The molecule has 1 saturated carbocycles. The van der Waals surface area contributed by atoms with Gasteiger partial charge in [0, 0.05) is 22.8 Å². The van der Waals surface area contributed by atoms with Crippen molar-refractivity contribution in [1.29, 1.82) is 0 Å². The minimum atomic E-state index is -0.892. The highest BCUT2D eigenvalue weighted by molar-refractivity contribution is 7.13. The van der Waals surface area contributed by atoms with Crippen molar-refractivity contribution in [3.05, 3.63) is 34.0 Å². The predicted octanol–water partition coefficient (Wildman–Crippen LogP) is 3.84. The molecule has 7 heteroatoms. The summed E-state index contributed by atoms with van der Waals surface area (Å²) < 4.78 is 0. The maximum absolute atomic E-state index is 11.0. The Morgan fingerprint density at radius 2 is 2.07 bits per heavy atom. The molecule has 1 unspecified atom stereocenters. The Balaban J connectivity index is 1.83. The molecule has 1 heterocycles. The molecule has 1 aliphatic carbocycles. The Hall–Kier alpha value is -0.920. The van der Waals surface area contributed by atoms with Gasteiger partial charge in [-0.3, -0.25) is 0 Å². The molecule has 5 nitrogen and oxygen atoms in total. The molecule has 0 aromatic carbocycles. The number of carbonyl (C=O) groups is 1. The summed E-state index contributed by atoms with van der Waals surface area (Å²) in [4.78, 5) is 12.4. The van der Waals surface area contributed by atoms with E-state index in [4.69, 9.17) is 21.8 Å². The number of rotatable bonds is 12. The van der Waals surface area contributed by atoms with E-state index in [0.717, 1.165) is 43.4 Å². The largest absolute Gasteiger partial charge is 0.477 e. The smallest absolute Gasteiger partial charge is 0.345 e. The van der Waals surface area contributed by atoms with Crippen molar-refractivity contribution in [3.8, 4) is 0 Å². The molecule has 0 saturated heterocycles. The van der Waals surface area contributed by atoms with Crippen molar-refractivity contribution in [2.45, 2.75) is 69.0 Å². The quantitative estimate of drug-likeness (QED) is 0.229. The van der Waals surface area contributed by atoms with Gasteiger partial charge >= 0.3 is 5.97 Å². The zero-order valence-electron chi connectivity index (χ0n) is 16.0. The maximum Gasteiger partial charge on any atom is 0.345 e. The third-order valence-electron chi connectivity index (χ3n) is 5.42. The van der Waals surface area contributed by atoms with Crippen LogP contribution in [-0.2, 0) is 6.42 Å². The number of aliphatic hydroxyl groups excluding tert-OH is 3. The van der Waals surface area contributed by atoms with Crippen LogP contribution in [0.2, 0.25) is 0 Å². The van der Waals surface area contributed by atoms with E-state index in [9.17, 15) is 15.0 Å². The first-order valence-electron chi connectivity index (χ1n) is 10.0. The third kappa shape index (κ3) is 7.16. The first-order chi connectivity index (χ1) is 13.4. The van der Waals surface area contributed by atoms with Crippen molar-refractivity contribution in [2.75, 3.05) is 6.61 Å². The van der Waals surface area contributed by atoms with E-state index in [0.29, 0.717) is 17.7 Å². The summed E-state index contributed by atoms with van der Waals surface area (Å²) in [5, 5.41) is 38.2. The molecule has 158 valence electrons. The van der Waals surface area contributed by atoms with Gasteiger partial charge in [-0.25, -0.2) is 4.79 Å². The highest BCUT2D eigenvalue weighted by Crippen LogP contribution is 2.40. The minimum Gasteiger partial charge on any atom is -0.477 e. The second-order valence-electron chi connectivity index (χ2n) is 7.55. The van der Waals surface area contributed by atoms with Crippen molar-refractivity contribution in [2.24, 2.45) is 11.8 Å². The summed E-state index contributed by atoms with van der Waals surface area (Å²) in [6.07, 6.45) is 8.91. The molecule has 2 rings (SSSR count). The van der Waals surface area contributed by atoms with E-state index in [-0.39, 0.29) is 23.8 Å². The molecule has 0 amide bonds. The SMILES string of the molecule is O=C(O)c1ccc(CCC[C@@H]2[C@@H](C=CC(O)CCCCCO)[C@H](O)C[C@H]2Cl)s1. The summed E-state index contributed by atoms with van der Waals surface area (Å²) >= 11 is 7.78. The summed E-state index contributed by atoms with van der Waals surface area (Å²) in [6, 6.07) is 3.50. The number of carboxylic acids is 1. The van der Waals surface area contributed by atoms with Crippen LogP contribution in [0.3, 0.4) is 0 Å². The standard InChI is InChI=1S/C21H31ClO5S/c22-18-13-19(25)17(10-8-14(24)5-2-1-3-12-23)16(18)7-4-6-15-9-11-20(28-15)21(26)27/h8-11,14,16-19,23-25H,1-7,12-13H2,(H,26,27)/t14?,16-,17-,18-,19-/m1/s1. The van der Waals surface area contributed by atoms with Crippen LogP contribution >= 0.6 is 22.9 Å². The number of aromatic carboxylic acids is 1. The van der Waals surface area contributed by atoms with Crippen LogP contribution in [0.5, 0.6) is 0 Å². The fourth-order valence-electron chi connectivity index (χ4n) is 3.87. The van der Waals surface area contributed by atoms with Gasteiger partial charge in [0.05, 0.1) is 12.2 Å². The van der Waals surface area contributed by atoms with Crippen molar-refractivity contribution >= 4 is 28.9 Å². The van der Waals surface area contributed by atoms with Crippen LogP contribution in [0, 0.1) is 11.8 Å². The molecule has 28 heavy (non-hydrogen) atoms. The first kappa shape index (κ1) is 23.4. The molecule has 1 aromatic rings. The molecule has 1 aliphatic rings. The normalized spacial score (nSPS) is 26.1. The Morgan fingerprint density at radius 1 is 1.29 bits per heavy atom. The van der Waals surface area contributed by atoms with E-state index < -0.39 is 18.2 Å². The van der Waals surface area contributed by atoms with Crippen molar-refractivity contribution in [1.82, 2.24) is 0 Å². The molecule has 0 bridgehead atoms. The Bertz CT molecular complexity index is 632. The molecule has 5 atom stereocenters. The summed E-state index contributed by atoms with van der Waals surface area (Å²) in [5.41, 5.74) is 0. The van der Waals surface area contributed by atoms with Gasteiger partial charge in [0.15, 0.2) is 0 Å². The van der Waals surface area contributed by atoms with E-state index in [2.05, 4.69) is 0 Å². The van der Waals surface area contributed by atoms with Crippen molar-refractivity contribution < 1.29 is 25.2 Å². The molecule has 1 fully saturated rings. The zero-order chi connectivity index (χ0) is 20.5. The van der Waals surface area contributed by atoms with Crippen LogP contribution < -0.4 is 0 Å². The van der Waals surface area contributed by atoms with Gasteiger partial charge in [-0.2, -0.15) is 0 Å². The van der Waals surface area contributed by atoms with E-state index >= 15 is 0 Å². The van der Waals surface area contributed by atoms with Crippen LogP contribution in [-0.4, -0.2) is 50.6 Å².